The van der Waals surface area contributed by atoms with Gasteiger partial charge in [-0.05, 0) is 104 Å². The topological polar surface area (TPSA) is 355 Å². The van der Waals surface area contributed by atoms with Crippen LogP contribution in [0.15, 0.2) is 0 Å². The molecule has 23 heteroatoms. The molecule has 32 atom stereocenters. The van der Waals surface area contributed by atoms with Crippen LogP contribution in [0.25, 0.3) is 0 Å². The fraction of sp³-hybridized carbons (Fsp3) is 1.00. The molecular formula is C51H84O23. The number of rotatable bonds is 12. The molecule has 13 N–H and O–H groups in total. The zero-order valence-corrected chi connectivity index (χ0v) is 42.7. The Morgan fingerprint density at radius 1 is 0.473 bits per heavy atom. The summed E-state index contributed by atoms with van der Waals surface area (Å²) < 4.78 is 61.6. The molecule has 74 heavy (non-hydrogen) atoms. The highest BCUT2D eigenvalue weighted by Gasteiger charge is 2.69. The van der Waals surface area contributed by atoms with Crippen LogP contribution in [0.5, 0.6) is 0 Å². The Labute approximate surface area is 430 Å². The lowest BCUT2D eigenvalue weighted by atomic mass is 9.44. The molecule has 1 spiro atoms. The van der Waals surface area contributed by atoms with E-state index in [0.29, 0.717) is 54.3 Å². The number of aliphatic hydroxyl groups is 13. The van der Waals surface area contributed by atoms with Gasteiger partial charge in [-0.2, -0.15) is 0 Å². The van der Waals surface area contributed by atoms with Gasteiger partial charge in [0, 0.05) is 12.3 Å². The van der Waals surface area contributed by atoms with Crippen LogP contribution < -0.4 is 0 Å². The average molecular weight is 1070 g/mol. The van der Waals surface area contributed by atoms with Crippen molar-refractivity contribution in [3.8, 4) is 0 Å². The fourth-order valence-electron chi connectivity index (χ4n) is 16.2. The molecule has 0 amide bonds. The maximum atomic E-state index is 11.8. The number of ether oxygens (including phenoxy) is 10. The van der Waals surface area contributed by atoms with E-state index in [0.717, 1.165) is 58.0 Å². The highest BCUT2D eigenvalue weighted by molar-refractivity contribution is 5.15. The average Bonchev–Trinajstić information content (AvgIpc) is 3.84. The molecular weight excluding hydrogens is 981 g/mol. The number of hydrogen-bond acceptors (Lipinski definition) is 23. The minimum absolute atomic E-state index is 0.0782. The Morgan fingerprint density at radius 3 is 1.62 bits per heavy atom. The maximum Gasteiger partial charge on any atom is 0.187 e. The molecule has 6 heterocycles. The van der Waals surface area contributed by atoms with Crippen LogP contribution in [0, 0.1) is 52.3 Å². The van der Waals surface area contributed by atoms with Crippen LogP contribution in [-0.4, -0.2) is 240 Å². The van der Waals surface area contributed by atoms with Crippen molar-refractivity contribution in [3.63, 3.8) is 0 Å². The third-order valence-corrected chi connectivity index (χ3v) is 20.4. The molecule has 0 aromatic heterocycles. The van der Waals surface area contributed by atoms with Crippen LogP contribution in [-0.2, 0) is 47.4 Å². The standard InChI is InChI=1S/C51H84O23/c1-20-7-12-51(65-19-20)21(2)32-27(74-51)14-26-24-6-5-22-13-23(8-10-49(22,3)25(24)9-11-50(26,32)4)66-45-41(64)38(61)42(31(18-55)70-45)71-48-44(73-47-40(63)37(60)34(57)29(16-53)68-47)43(35(58)30(17-54)69-48)72-46-39(62)36(59)33(56)28(15-52)67-46/h20-48,52-64H,5-19H2,1-4H3/t20-,21-,22?,23-,24+,25-,26-,27-,28+,29+,30+,31+,32-,33+,34+,35+,36-,37-,38+,39+,40+,41+,42-,43-,44+,45+,46-,47-,48-,49-,50-,51+/m0/s1. The molecule has 6 saturated heterocycles. The molecule has 23 nitrogen and oxygen atoms in total. The van der Waals surface area contributed by atoms with E-state index in [9.17, 15) is 66.4 Å². The van der Waals surface area contributed by atoms with Gasteiger partial charge in [-0.15, -0.1) is 0 Å². The second kappa shape index (κ2) is 21.9. The Balaban J connectivity index is 0.820. The highest BCUT2D eigenvalue weighted by Crippen LogP contribution is 2.71. The SMILES string of the molecule is C[C@H]1CC[C@@]2(OC1)O[C@H]1C[C@H]3[C@@H]4CCC5C[C@@H](O[C@@H]6O[C@H](CO)[C@H](O[C@@H]7O[C@H](CO)[C@@H](O)[C@H](O[C@@H]8O[C@H](CO)[C@@H](O)[C@H](O)[C@H]8O)[C@H]7O[C@@H]7O[C@H](CO)[C@@H](O)[C@H](O)[C@H]7O)[C@H](O)[C@H]6O)CC[C@]5(C)[C@H]4CC[C@]3(C)[C@H]1[C@@H]2C. The summed E-state index contributed by atoms with van der Waals surface area (Å²) in [4.78, 5) is 0. The van der Waals surface area contributed by atoms with Gasteiger partial charge in [-0.25, -0.2) is 0 Å². The normalized spacial score (nSPS) is 57.6. The zero-order chi connectivity index (χ0) is 52.9. The smallest absolute Gasteiger partial charge is 0.187 e. The number of fused-ring (bicyclic) bond motifs is 7. The Hall–Kier alpha value is -0.920. The Bertz CT molecular complexity index is 1880. The summed E-state index contributed by atoms with van der Waals surface area (Å²) >= 11 is 0. The van der Waals surface area contributed by atoms with Gasteiger partial charge in [0.2, 0.25) is 0 Å². The first kappa shape index (κ1) is 56.4. The van der Waals surface area contributed by atoms with E-state index >= 15 is 0 Å². The molecule has 4 saturated carbocycles. The lowest BCUT2D eigenvalue weighted by Gasteiger charge is -2.61. The van der Waals surface area contributed by atoms with Gasteiger partial charge < -0.3 is 114 Å². The third kappa shape index (κ3) is 9.56. The number of hydrogen-bond donors (Lipinski definition) is 13. The second-order valence-corrected chi connectivity index (χ2v) is 24.3. The number of aliphatic hydroxyl groups excluding tert-OH is 13. The van der Waals surface area contributed by atoms with Crippen molar-refractivity contribution >= 4 is 0 Å². The van der Waals surface area contributed by atoms with Gasteiger partial charge in [0.15, 0.2) is 30.9 Å². The van der Waals surface area contributed by atoms with Crippen molar-refractivity contribution in [1.29, 1.82) is 0 Å². The van der Waals surface area contributed by atoms with Crippen molar-refractivity contribution in [2.45, 2.75) is 233 Å². The Kier molecular flexibility index (Phi) is 16.6. The lowest BCUT2D eigenvalue weighted by Crippen LogP contribution is -2.68. The van der Waals surface area contributed by atoms with Gasteiger partial charge in [0.1, 0.15) is 97.7 Å². The van der Waals surface area contributed by atoms with Gasteiger partial charge in [0.05, 0.1) is 45.2 Å². The molecule has 10 fully saturated rings. The first-order valence-corrected chi connectivity index (χ1v) is 27.3. The van der Waals surface area contributed by atoms with E-state index in [2.05, 4.69) is 27.7 Å². The van der Waals surface area contributed by atoms with Crippen LogP contribution in [0.1, 0.15) is 91.9 Å². The van der Waals surface area contributed by atoms with Crippen molar-refractivity contribution in [2.75, 3.05) is 33.0 Å². The predicted octanol–water partition coefficient (Wildman–Crippen LogP) is -2.91. The molecule has 0 bridgehead atoms. The minimum atomic E-state index is -2.03. The summed E-state index contributed by atoms with van der Waals surface area (Å²) in [7, 11) is 0. The van der Waals surface area contributed by atoms with Crippen molar-refractivity contribution < 1.29 is 114 Å². The summed E-state index contributed by atoms with van der Waals surface area (Å²) in [6.45, 7) is 6.96. The van der Waals surface area contributed by atoms with Gasteiger partial charge in [-0.3, -0.25) is 0 Å². The van der Waals surface area contributed by atoms with Crippen molar-refractivity contribution in [2.24, 2.45) is 52.3 Å². The van der Waals surface area contributed by atoms with E-state index in [1.54, 1.807) is 0 Å². The van der Waals surface area contributed by atoms with Crippen LogP contribution in [0.2, 0.25) is 0 Å². The third-order valence-electron chi connectivity index (χ3n) is 20.4. The molecule has 6 aliphatic heterocycles. The Morgan fingerprint density at radius 2 is 1.01 bits per heavy atom. The summed E-state index contributed by atoms with van der Waals surface area (Å²) in [5.74, 6) is 2.99. The highest BCUT2D eigenvalue weighted by atomic mass is 16.8. The first-order valence-electron chi connectivity index (χ1n) is 27.3. The summed E-state index contributed by atoms with van der Waals surface area (Å²) in [5.41, 5.74) is 0.270. The van der Waals surface area contributed by atoms with Gasteiger partial charge in [-0.1, -0.05) is 27.7 Å². The quantitative estimate of drug-likeness (QED) is 0.0872. The maximum absolute atomic E-state index is 11.8. The predicted molar refractivity (Wildman–Crippen MR) is 248 cm³/mol. The van der Waals surface area contributed by atoms with E-state index in [1.807, 2.05) is 0 Å². The molecule has 0 aromatic carbocycles. The van der Waals surface area contributed by atoms with E-state index in [4.69, 9.17) is 47.4 Å². The molecule has 1 unspecified atom stereocenters. The van der Waals surface area contributed by atoms with E-state index < -0.39 is 155 Å². The van der Waals surface area contributed by atoms with Crippen LogP contribution in [0.4, 0.5) is 0 Å². The van der Waals surface area contributed by atoms with Crippen LogP contribution >= 0.6 is 0 Å². The molecule has 4 aliphatic carbocycles. The lowest BCUT2D eigenvalue weighted by molar-refractivity contribution is -0.406. The minimum Gasteiger partial charge on any atom is -0.394 e. The van der Waals surface area contributed by atoms with Gasteiger partial charge >= 0.3 is 0 Å². The fourth-order valence-corrected chi connectivity index (χ4v) is 16.2. The summed E-state index contributed by atoms with van der Waals surface area (Å²) in [6.07, 6.45) is -25.9. The molecule has 0 aromatic rings. The molecule has 0 radical (unpaired) electrons. The molecule has 10 aliphatic rings. The van der Waals surface area contributed by atoms with Crippen molar-refractivity contribution in [3.05, 3.63) is 0 Å². The largest absolute Gasteiger partial charge is 0.394 e. The van der Waals surface area contributed by atoms with Crippen LogP contribution in [0.3, 0.4) is 0 Å². The second-order valence-electron chi connectivity index (χ2n) is 24.3. The monoisotopic (exact) mass is 1060 g/mol. The van der Waals surface area contributed by atoms with E-state index in [1.165, 1.54) is 0 Å². The van der Waals surface area contributed by atoms with E-state index in [-0.39, 0.29) is 23.0 Å². The zero-order valence-electron chi connectivity index (χ0n) is 42.7. The molecule has 10 rings (SSSR count). The van der Waals surface area contributed by atoms with Crippen molar-refractivity contribution in [1.82, 2.24) is 0 Å². The first-order chi connectivity index (χ1) is 35.2. The van der Waals surface area contributed by atoms with Gasteiger partial charge in [0.25, 0.3) is 0 Å². The molecule has 426 valence electrons. The summed E-state index contributed by atoms with van der Waals surface area (Å²) in [6, 6.07) is 0. The summed E-state index contributed by atoms with van der Waals surface area (Å²) in [5, 5.41) is 140.